The monoisotopic (exact) mass is 496 g/mol. The van der Waals surface area contributed by atoms with Crippen molar-refractivity contribution < 1.29 is 9.53 Å². The Kier molecular flexibility index (Phi) is 7.11. The molecule has 8 nitrogen and oxygen atoms in total. The van der Waals surface area contributed by atoms with E-state index in [-0.39, 0.29) is 17.9 Å². The smallest absolute Gasteiger partial charge is 0.224 e. The van der Waals surface area contributed by atoms with Crippen LogP contribution >= 0.6 is 11.6 Å². The van der Waals surface area contributed by atoms with Crippen LogP contribution in [-0.2, 0) is 4.79 Å². The normalized spacial score (nSPS) is 22.9. The van der Waals surface area contributed by atoms with E-state index >= 15 is 0 Å². The lowest BCUT2D eigenvalue weighted by Gasteiger charge is -2.30. The second-order valence-electron chi connectivity index (χ2n) is 9.62. The van der Waals surface area contributed by atoms with Gasteiger partial charge in [0.25, 0.3) is 0 Å². The average molecular weight is 497 g/mol. The zero-order valence-corrected chi connectivity index (χ0v) is 21.1. The van der Waals surface area contributed by atoms with Gasteiger partial charge in [-0.25, -0.2) is 9.97 Å². The first kappa shape index (κ1) is 23.9. The number of methoxy groups -OCH3 is 1. The fourth-order valence-corrected chi connectivity index (χ4v) is 5.51. The van der Waals surface area contributed by atoms with Gasteiger partial charge in [-0.15, -0.1) is 0 Å². The predicted molar refractivity (Wildman–Crippen MR) is 139 cm³/mol. The minimum absolute atomic E-state index is 0.138. The van der Waals surface area contributed by atoms with Crippen molar-refractivity contribution >= 4 is 34.4 Å². The third-order valence-corrected chi connectivity index (χ3v) is 7.56. The minimum Gasteiger partial charge on any atom is -0.495 e. The minimum atomic E-state index is 0.138. The first-order valence-corrected chi connectivity index (χ1v) is 12.9. The highest BCUT2D eigenvalue weighted by molar-refractivity contribution is 6.29. The molecule has 1 atom stereocenters. The van der Waals surface area contributed by atoms with E-state index in [0.717, 1.165) is 79.7 Å². The average Bonchev–Trinajstić information content (AvgIpc) is 3.52. The summed E-state index contributed by atoms with van der Waals surface area (Å²) in [7, 11) is 1.63. The molecule has 5 rings (SSSR count). The van der Waals surface area contributed by atoms with Crippen LogP contribution in [0.3, 0.4) is 0 Å². The van der Waals surface area contributed by atoms with Crippen LogP contribution in [0.25, 0.3) is 22.2 Å². The highest BCUT2D eigenvalue weighted by Crippen LogP contribution is 2.33. The highest BCUT2D eigenvalue weighted by atomic mass is 35.5. The Hall–Kier alpha value is -2.84. The van der Waals surface area contributed by atoms with Gasteiger partial charge in [-0.3, -0.25) is 4.79 Å². The first-order valence-electron chi connectivity index (χ1n) is 12.5. The standard InChI is InChI=1S/C26H33ClN6O2/c1-3-33-9-8-16(15-33)26(34)31-19-6-4-18(5-7-19)30-24-11-17(10-23(27)32-24)22-14-29-25-21(22)12-20(35-2)13-28-25/h10-14,16,18-19H,3-9,15H2,1-2H3,(H,28,29)(H,30,32)(H,31,34)/t16?,18-,19-. The number of aromatic amines is 1. The van der Waals surface area contributed by atoms with Crippen LogP contribution in [0.1, 0.15) is 39.0 Å². The molecule has 2 fully saturated rings. The molecule has 1 saturated carbocycles. The van der Waals surface area contributed by atoms with E-state index < -0.39 is 0 Å². The Labute approximate surface area is 210 Å². The van der Waals surface area contributed by atoms with Crippen molar-refractivity contribution in [2.45, 2.75) is 51.1 Å². The third-order valence-electron chi connectivity index (χ3n) is 7.36. The summed E-state index contributed by atoms with van der Waals surface area (Å²) in [6, 6.07) is 6.42. The Morgan fingerprint density at radius 3 is 2.74 bits per heavy atom. The van der Waals surface area contributed by atoms with Crippen LogP contribution < -0.4 is 15.4 Å². The SMILES string of the molecule is CCN1CCC(C(=O)N[C@H]2CC[C@H](Nc3cc(-c4c[nH]c5ncc(OC)cc45)cc(Cl)n3)CC2)C1. The number of amides is 1. The van der Waals surface area contributed by atoms with Crippen LogP contribution in [0.4, 0.5) is 5.82 Å². The molecule has 3 aromatic heterocycles. The van der Waals surface area contributed by atoms with Gasteiger partial charge in [-0.1, -0.05) is 18.5 Å². The van der Waals surface area contributed by atoms with Gasteiger partial charge in [0.05, 0.1) is 19.2 Å². The molecule has 3 aromatic rings. The Morgan fingerprint density at radius 1 is 1.20 bits per heavy atom. The third kappa shape index (κ3) is 5.38. The molecule has 0 radical (unpaired) electrons. The molecule has 1 saturated heterocycles. The van der Waals surface area contributed by atoms with Gasteiger partial charge in [0.1, 0.15) is 22.4 Å². The summed E-state index contributed by atoms with van der Waals surface area (Å²) in [5.74, 6) is 1.83. The molecular weight excluding hydrogens is 464 g/mol. The topological polar surface area (TPSA) is 95.2 Å². The summed E-state index contributed by atoms with van der Waals surface area (Å²) < 4.78 is 5.35. The van der Waals surface area contributed by atoms with Gasteiger partial charge in [-0.2, -0.15) is 0 Å². The van der Waals surface area contributed by atoms with Crippen molar-refractivity contribution in [3.05, 3.63) is 35.7 Å². The number of halogens is 1. The maximum absolute atomic E-state index is 12.7. The van der Waals surface area contributed by atoms with Crippen LogP contribution in [-0.4, -0.2) is 64.6 Å². The molecule has 4 heterocycles. The summed E-state index contributed by atoms with van der Waals surface area (Å²) >= 11 is 6.41. The van der Waals surface area contributed by atoms with Gasteiger partial charge in [-0.05, 0) is 69.0 Å². The number of anilines is 1. The number of ether oxygens (including phenoxy) is 1. The van der Waals surface area contributed by atoms with E-state index in [1.54, 1.807) is 13.3 Å². The van der Waals surface area contributed by atoms with E-state index in [9.17, 15) is 4.79 Å². The van der Waals surface area contributed by atoms with Crippen molar-refractivity contribution in [1.29, 1.82) is 0 Å². The van der Waals surface area contributed by atoms with Crippen LogP contribution in [0.15, 0.2) is 30.6 Å². The molecule has 186 valence electrons. The number of carbonyl (C=O) groups excluding carboxylic acids is 1. The summed E-state index contributed by atoms with van der Waals surface area (Å²) in [6.45, 7) is 5.09. The van der Waals surface area contributed by atoms with Gasteiger partial charge >= 0.3 is 0 Å². The lowest BCUT2D eigenvalue weighted by Crippen LogP contribution is -2.43. The zero-order chi connectivity index (χ0) is 24.4. The molecule has 3 N–H and O–H groups in total. The van der Waals surface area contributed by atoms with E-state index in [1.165, 1.54) is 0 Å². The maximum atomic E-state index is 12.7. The summed E-state index contributed by atoms with van der Waals surface area (Å²) in [4.78, 5) is 27.2. The number of nitrogens with one attached hydrogen (secondary N) is 3. The summed E-state index contributed by atoms with van der Waals surface area (Å²) in [6.07, 6.45) is 8.50. The fraction of sp³-hybridized carbons (Fsp3) is 0.500. The molecule has 0 bridgehead atoms. The van der Waals surface area contributed by atoms with Crippen LogP contribution in [0, 0.1) is 5.92 Å². The Morgan fingerprint density at radius 2 is 2.00 bits per heavy atom. The second kappa shape index (κ2) is 10.4. The molecule has 0 spiro atoms. The van der Waals surface area contributed by atoms with Crippen molar-refractivity contribution in [2.75, 3.05) is 32.1 Å². The Balaban J connectivity index is 1.21. The van der Waals surface area contributed by atoms with Crippen LogP contribution in [0.5, 0.6) is 5.75 Å². The van der Waals surface area contributed by atoms with Crippen molar-refractivity contribution in [2.24, 2.45) is 5.92 Å². The number of carbonyl (C=O) groups is 1. The van der Waals surface area contributed by atoms with E-state index in [0.29, 0.717) is 16.9 Å². The largest absolute Gasteiger partial charge is 0.495 e. The fourth-order valence-electron chi connectivity index (χ4n) is 5.31. The van der Waals surface area contributed by atoms with Gasteiger partial charge < -0.3 is 25.3 Å². The molecule has 0 aromatic carbocycles. The number of H-pyrrole nitrogens is 1. The number of fused-ring (bicyclic) bond motifs is 1. The molecule has 1 aliphatic carbocycles. The second-order valence-corrected chi connectivity index (χ2v) is 10.0. The summed E-state index contributed by atoms with van der Waals surface area (Å²) in [5.41, 5.74) is 2.76. The molecule has 35 heavy (non-hydrogen) atoms. The van der Waals surface area contributed by atoms with Crippen molar-refractivity contribution in [3.63, 3.8) is 0 Å². The molecular formula is C26H33ClN6O2. The lowest BCUT2D eigenvalue weighted by molar-refractivity contribution is -0.125. The van der Waals surface area contributed by atoms with Crippen molar-refractivity contribution in [3.8, 4) is 16.9 Å². The number of aromatic nitrogens is 3. The zero-order valence-electron chi connectivity index (χ0n) is 20.3. The number of rotatable bonds is 7. The molecule has 1 amide bonds. The maximum Gasteiger partial charge on any atom is 0.224 e. The lowest BCUT2D eigenvalue weighted by atomic mass is 9.90. The van der Waals surface area contributed by atoms with E-state index in [4.69, 9.17) is 16.3 Å². The quantitative estimate of drug-likeness (QED) is 0.418. The molecule has 1 aliphatic heterocycles. The molecule has 9 heteroatoms. The predicted octanol–water partition coefficient (Wildman–Crippen LogP) is 4.47. The first-order chi connectivity index (χ1) is 17.0. The van der Waals surface area contributed by atoms with Gasteiger partial charge in [0.2, 0.25) is 5.91 Å². The number of hydrogen-bond acceptors (Lipinski definition) is 6. The van der Waals surface area contributed by atoms with E-state index in [1.807, 2.05) is 24.4 Å². The number of likely N-dealkylation sites (tertiary alicyclic amines) is 1. The van der Waals surface area contributed by atoms with Gasteiger partial charge in [0, 0.05) is 35.8 Å². The highest BCUT2D eigenvalue weighted by Gasteiger charge is 2.30. The van der Waals surface area contributed by atoms with E-state index in [2.05, 4.69) is 37.4 Å². The van der Waals surface area contributed by atoms with Crippen LogP contribution in [0.2, 0.25) is 5.15 Å². The number of pyridine rings is 2. The van der Waals surface area contributed by atoms with Crippen molar-refractivity contribution in [1.82, 2.24) is 25.2 Å². The Bertz CT molecular complexity index is 1190. The van der Waals surface area contributed by atoms with Gasteiger partial charge in [0.15, 0.2) is 0 Å². The molecule has 1 unspecified atom stereocenters. The number of nitrogens with zero attached hydrogens (tertiary/aromatic N) is 3. The number of hydrogen-bond donors (Lipinski definition) is 3. The molecule has 2 aliphatic rings. The summed E-state index contributed by atoms with van der Waals surface area (Å²) in [5, 5.41) is 8.28.